The minimum absolute atomic E-state index is 0.753. The topological polar surface area (TPSA) is 57.5 Å². The van der Waals surface area contributed by atoms with Gasteiger partial charge in [-0.2, -0.15) is 5.10 Å². The van der Waals surface area contributed by atoms with Gasteiger partial charge >= 0.3 is 0 Å². The largest absolute Gasteiger partial charge is 0.356 e. The second-order valence-electron chi connectivity index (χ2n) is 8.08. The second kappa shape index (κ2) is 11.6. The van der Waals surface area contributed by atoms with Gasteiger partial charge in [0.1, 0.15) is 0 Å². The highest BCUT2D eigenvalue weighted by atomic mass is 15.3. The van der Waals surface area contributed by atoms with Gasteiger partial charge in [0, 0.05) is 39.1 Å². The maximum atomic E-state index is 4.37. The van der Waals surface area contributed by atoms with Crippen LogP contribution in [-0.2, 0) is 13.1 Å². The molecule has 6 heteroatoms. The number of guanidine groups is 1. The fourth-order valence-electron chi connectivity index (χ4n) is 4.01. The van der Waals surface area contributed by atoms with Crippen LogP contribution in [0.2, 0.25) is 0 Å². The Morgan fingerprint density at radius 3 is 2.79 bits per heavy atom. The fraction of sp³-hybridized carbons (Fsp3) is 0.565. The summed E-state index contributed by atoms with van der Waals surface area (Å²) in [5.41, 5.74) is 2.54. The number of benzene rings is 1. The lowest BCUT2D eigenvalue weighted by atomic mass is 10.0. The van der Waals surface area contributed by atoms with E-state index in [4.69, 9.17) is 0 Å². The van der Waals surface area contributed by atoms with E-state index in [0.717, 1.165) is 31.5 Å². The summed E-state index contributed by atoms with van der Waals surface area (Å²) in [5.74, 6) is 1.73. The summed E-state index contributed by atoms with van der Waals surface area (Å²) in [6.07, 6.45) is 8.97. The van der Waals surface area contributed by atoms with Crippen LogP contribution in [0.4, 0.5) is 0 Å². The molecule has 2 N–H and O–H groups in total. The van der Waals surface area contributed by atoms with E-state index in [1.807, 2.05) is 30.2 Å². The number of piperidine rings is 1. The molecule has 1 atom stereocenters. The molecule has 1 fully saturated rings. The van der Waals surface area contributed by atoms with Crippen molar-refractivity contribution in [3.63, 3.8) is 0 Å². The Morgan fingerprint density at radius 2 is 2.03 bits per heavy atom. The zero-order valence-corrected chi connectivity index (χ0v) is 18.0. The van der Waals surface area contributed by atoms with Crippen molar-refractivity contribution < 1.29 is 0 Å². The van der Waals surface area contributed by atoms with Gasteiger partial charge in [0.25, 0.3) is 0 Å². The molecule has 0 amide bonds. The van der Waals surface area contributed by atoms with Gasteiger partial charge in [-0.3, -0.25) is 9.67 Å². The van der Waals surface area contributed by atoms with Gasteiger partial charge in [-0.05, 0) is 61.9 Å². The summed E-state index contributed by atoms with van der Waals surface area (Å²) < 4.78 is 1.95. The van der Waals surface area contributed by atoms with Crippen molar-refractivity contribution in [1.82, 2.24) is 25.3 Å². The summed E-state index contributed by atoms with van der Waals surface area (Å²) >= 11 is 0. The van der Waals surface area contributed by atoms with Crippen LogP contribution in [0.3, 0.4) is 0 Å². The molecule has 1 aromatic carbocycles. The molecule has 0 aliphatic carbocycles. The number of hydrogen-bond acceptors (Lipinski definition) is 3. The normalized spacial score (nSPS) is 18.0. The number of likely N-dealkylation sites (tertiary alicyclic amines) is 1. The maximum absolute atomic E-state index is 4.37. The minimum atomic E-state index is 0.753. The van der Waals surface area contributed by atoms with E-state index < -0.39 is 0 Å². The third kappa shape index (κ3) is 7.20. The SMILES string of the molecule is CN=C(NCCCCN1CCCC(C)C1)NCc1ccccc1Cn1cccn1. The smallest absolute Gasteiger partial charge is 0.191 e. The Kier molecular flexibility index (Phi) is 8.56. The van der Waals surface area contributed by atoms with Crippen molar-refractivity contribution in [3.05, 3.63) is 53.9 Å². The molecule has 0 bridgehead atoms. The van der Waals surface area contributed by atoms with Gasteiger partial charge < -0.3 is 15.5 Å². The van der Waals surface area contributed by atoms with Crippen LogP contribution in [0.15, 0.2) is 47.7 Å². The van der Waals surface area contributed by atoms with Gasteiger partial charge in [0.05, 0.1) is 6.54 Å². The van der Waals surface area contributed by atoms with Crippen LogP contribution in [-0.4, -0.2) is 53.9 Å². The van der Waals surface area contributed by atoms with Gasteiger partial charge in [0.2, 0.25) is 0 Å². The molecular weight excluding hydrogens is 360 g/mol. The first kappa shape index (κ1) is 21.4. The third-order valence-electron chi connectivity index (χ3n) is 5.61. The molecule has 1 aromatic heterocycles. The van der Waals surface area contributed by atoms with Crippen molar-refractivity contribution in [2.75, 3.05) is 33.2 Å². The van der Waals surface area contributed by atoms with E-state index in [1.54, 1.807) is 0 Å². The summed E-state index contributed by atoms with van der Waals surface area (Å²) in [4.78, 5) is 7.00. The Labute approximate surface area is 175 Å². The average Bonchev–Trinajstić information content (AvgIpc) is 3.24. The van der Waals surface area contributed by atoms with Crippen molar-refractivity contribution in [2.24, 2.45) is 10.9 Å². The summed E-state index contributed by atoms with van der Waals surface area (Å²) in [6, 6.07) is 10.5. The molecule has 1 saturated heterocycles. The highest BCUT2D eigenvalue weighted by molar-refractivity contribution is 5.79. The molecule has 1 unspecified atom stereocenters. The Balaban J connectivity index is 1.37. The van der Waals surface area contributed by atoms with Crippen molar-refractivity contribution >= 4 is 5.96 Å². The number of hydrogen-bond donors (Lipinski definition) is 2. The number of nitrogens with zero attached hydrogens (tertiary/aromatic N) is 4. The second-order valence-corrected chi connectivity index (χ2v) is 8.08. The molecule has 29 heavy (non-hydrogen) atoms. The highest BCUT2D eigenvalue weighted by Gasteiger charge is 2.15. The highest BCUT2D eigenvalue weighted by Crippen LogP contribution is 2.15. The standard InChI is InChI=1S/C23H36N6/c1-20-9-7-15-28(18-20)14-6-5-12-25-23(24-2)26-17-21-10-3-4-11-22(21)19-29-16-8-13-27-29/h3-4,8,10-11,13,16,20H,5-7,9,12,14-15,17-19H2,1-2H3,(H2,24,25,26). The zero-order chi connectivity index (χ0) is 20.3. The van der Waals surface area contributed by atoms with Crippen LogP contribution >= 0.6 is 0 Å². The van der Waals surface area contributed by atoms with Crippen molar-refractivity contribution in [3.8, 4) is 0 Å². The molecule has 1 aliphatic rings. The van der Waals surface area contributed by atoms with Crippen LogP contribution < -0.4 is 10.6 Å². The summed E-state index contributed by atoms with van der Waals surface area (Å²) in [6.45, 7) is 8.63. The van der Waals surface area contributed by atoms with E-state index >= 15 is 0 Å². The number of aliphatic imine (C=N–C) groups is 1. The molecule has 3 rings (SSSR count). The van der Waals surface area contributed by atoms with E-state index in [0.29, 0.717) is 0 Å². The molecule has 1 aliphatic heterocycles. The van der Waals surface area contributed by atoms with Crippen LogP contribution in [0.25, 0.3) is 0 Å². The van der Waals surface area contributed by atoms with E-state index in [9.17, 15) is 0 Å². The molecule has 0 spiro atoms. The lowest BCUT2D eigenvalue weighted by Crippen LogP contribution is -2.38. The van der Waals surface area contributed by atoms with E-state index in [1.165, 1.54) is 56.4 Å². The van der Waals surface area contributed by atoms with E-state index in [2.05, 4.69) is 56.8 Å². The first-order chi connectivity index (χ1) is 14.2. The molecule has 2 aromatic rings. The Morgan fingerprint density at radius 1 is 1.17 bits per heavy atom. The number of unbranched alkanes of at least 4 members (excludes halogenated alkanes) is 1. The van der Waals surface area contributed by atoms with Gasteiger partial charge in [-0.15, -0.1) is 0 Å². The van der Waals surface area contributed by atoms with Crippen LogP contribution in [0, 0.1) is 5.92 Å². The monoisotopic (exact) mass is 396 g/mol. The first-order valence-electron chi connectivity index (χ1n) is 11.0. The van der Waals surface area contributed by atoms with Crippen molar-refractivity contribution in [2.45, 2.75) is 45.7 Å². The Hall–Kier alpha value is -2.34. The van der Waals surface area contributed by atoms with Gasteiger partial charge in [0.15, 0.2) is 5.96 Å². The molecule has 0 saturated carbocycles. The molecule has 6 nitrogen and oxygen atoms in total. The van der Waals surface area contributed by atoms with E-state index in [-0.39, 0.29) is 0 Å². The Bertz CT molecular complexity index is 740. The minimum Gasteiger partial charge on any atom is -0.356 e. The summed E-state index contributed by atoms with van der Waals surface area (Å²) in [5, 5.41) is 11.2. The van der Waals surface area contributed by atoms with Crippen LogP contribution in [0.1, 0.15) is 43.7 Å². The van der Waals surface area contributed by atoms with Gasteiger partial charge in [-0.1, -0.05) is 31.2 Å². The molecular formula is C23H36N6. The van der Waals surface area contributed by atoms with Crippen molar-refractivity contribution in [1.29, 1.82) is 0 Å². The number of aromatic nitrogens is 2. The average molecular weight is 397 g/mol. The molecule has 0 radical (unpaired) electrons. The zero-order valence-electron chi connectivity index (χ0n) is 18.0. The fourth-order valence-corrected chi connectivity index (χ4v) is 4.01. The lowest BCUT2D eigenvalue weighted by molar-refractivity contribution is 0.181. The van der Waals surface area contributed by atoms with Crippen LogP contribution in [0.5, 0.6) is 0 Å². The first-order valence-corrected chi connectivity index (χ1v) is 11.0. The predicted octanol–water partition coefficient (Wildman–Crippen LogP) is 3.11. The predicted molar refractivity (Wildman–Crippen MR) is 120 cm³/mol. The third-order valence-corrected chi connectivity index (χ3v) is 5.61. The summed E-state index contributed by atoms with van der Waals surface area (Å²) in [7, 11) is 1.83. The van der Waals surface area contributed by atoms with Gasteiger partial charge in [-0.25, -0.2) is 0 Å². The lowest BCUT2D eigenvalue weighted by Gasteiger charge is -2.30. The quantitative estimate of drug-likeness (QED) is 0.388. The molecule has 2 heterocycles. The maximum Gasteiger partial charge on any atom is 0.191 e. The number of rotatable bonds is 9. The molecule has 158 valence electrons. The number of nitrogens with one attached hydrogen (secondary N) is 2.